The molecule has 4 rings (SSSR count). The summed E-state index contributed by atoms with van der Waals surface area (Å²) < 4.78 is 2.15. The van der Waals surface area contributed by atoms with Gasteiger partial charge in [0.25, 0.3) is 0 Å². The summed E-state index contributed by atoms with van der Waals surface area (Å²) in [7, 11) is 0. The van der Waals surface area contributed by atoms with Crippen molar-refractivity contribution in [1.82, 2.24) is 9.55 Å². The highest BCUT2D eigenvalue weighted by atomic mass is 16.1. The van der Waals surface area contributed by atoms with Crippen molar-refractivity contribution in [2.75, 3.05) is 0 Å². The molecule has 0 saturated heterocycles. The van der Waals surface area contributed by atoms with E-state index < -0.39 is 0 Å². The van der Waals surface area contributed by atoms with Crippen molar-refractivity contribution in [3.8, 4) is 5.69 Å². The van der Waals surface area contributed by atoms with Crippen molar-refractivity contribution < 1.29 is 0 Å². The lowest BCUT2D eigenvalue weighted by Crippen LogP contribution is -2.17. The maximum Gasteiger partial charge on any atom is 0.194 e. The predicted octanol–water partition coefficient (Wildman–Crippen LogP) is 2.87. The third-order valence-electron chi connectivity index (χ3n) is 3.99. The van der Waals surface area contributed by atoms with E-state index in [1.807, 2.05) is 30.3 Å². The van der Waals surface area contributed by atoms with Gasteiger partial charge in [0.05, 0.1) is 5.39 Å². The fourth-order valence-electron chi connectivity index (χ4n) is 3.12. The van der Waals surface area contributed by atoms with Crippen LogP contribution < -0.4 is 5.43 Å². The Morgan fingerprint density at radius 3 is 2.70 bits per heavy atom. The molecule has 0 atom stereocenters. The summed E-state index contributed by atoms with van der Waals surface area (Å²) >= 11 is 0. The van der Waals surface area contributed by atoms with E-state index in [1.165, 1.54) is 0 Å². The lowest BCUT2D eigenvalue weighted by molar-refractivity contribution is 0.873. The van der Waals surface area contributed by atoms with Crippen molar-refractivity contribution in [2.24, 2.45) is 0 Å². The minimum atomic E-state index is 0.160. The van der Waals surface area contributed by atoms with Gasteiger partial charge in [-0.2, -0.15) is 0 Å². The first kappa shape index (κ1) is 11.4. The lowest BCUT2D eigenvalue weighted by atomic mass is 10.1. The van der Waals surface area contributed by atoms with Crippen LogP contribution in [-0.4, -0.2) is 9.55 Å². The molecule has 0 aliphatic heterocycles. The number of para-hydroxylation sites is 1. The van der Waals surface area contributed by atoms with E-state index in [-0.39, 0.29) is 5.43 Å². The van der Waals surface area contributed by atoms with Gasteiger partial charge in [0.2, 0.25) is 0 Å². The Labute approximate surface area is 116 Å². The summed E-state index contributed by atoms with van der Waals surface area (Å²) in [6.07, 6.45) is 4.63. The molecule has 2 aromatic heterocycles. The first-order valence-corrected chi connectivity index (χ1v) is 6.93. The van der Waals surface area contributed by atoms with Crippen LogP contribution in [0.1, 0.15) is 17.7 Å². The maximum absolute atomic E-state index is 12.6. The molecule has 0 N–H and O–H groups in total. The van der Waals surface area contributed by atoms with Crippen LogP contribution in [0.25, 0.3) is 16.7 Å². The van der Waals surface area contributed by atoms with Gasteiger partial charge in [0.15, 0.2) is 5.43 Å². The highest BCUT2D eigenvalue weighted by molar-refractivity contribution is 5.78. The minimum Gasteiger partial charge on any atom is -0.298 e. The summed E-state index contributed by atoms with van der Waals surface area (Å²) in [5.74, 6) is 0. The average Bonchev–Trinajstić information content (AvgIpc) is 2.98. The molecule has 1 aliphatic carbocycles. The van der Waals surface area contributed by atoms with E-state index in [9.17, 15) is 4.79 Å². The summed E-state index contributed by atoms with van der Waals surface area (Å²) in [6.45, 7) is 0. The van der Waals surface area contributed by atoms with Crippen molar-refractivity contribution in [3.63, 3.8) is 0 Å². The van der Waals surface area contributed by atoms with E-state index in [0.29, 0.717) is 0 Å². The first-order chi connectivity index (χ1) is 9.86. The monoisotopic (exact) mass is 262 g/mol. The molecule has 3 nitrogen and oxygen atoms in total. The molecule has 1 aromatic carbocycles. The van der Waals surface area contributed by atoms with Gasteiger partial charge < -0.3 is 0 Å². The Kier molecular flexibility index (Phi) is 2.46. The van der Waals surface area contributed by atoms with Crippen LogP contribution in [0.3, 0.4) is 0 Å². The third kappa shape index (κ3) is 1.53. The minimum absolute atomic E-state index is 0.160. The lowest BCUT2D eigenvalue weighted by Gasteiger charge is -2.15. The van der Waals surface area contributed by atoms with Crippen LogP contribution >= 0.6 is 0 Å². The second-order valence-electron chi connectivity index (χ2n) is 5.15. The molecule has 0 amide bonds. The standard InChI is InChI=1S/C17H14N2O/c20-16-13-8-4-10-15(13)19(12-6-2-1-3-7-12)17-14(16)9-5-11-18-17/h1-3,5-7,9,11H,4,8,10H2. The number of nitrogens with zero attached hydrogens (tertiary/aromatic N) is 2. The molecule has 0 fully saturated rings. The largest absolute Gasteiger partial charge is 0.298 e. The van der Waals surface area contributed by atoms with Gasteiger partial charge in [-0.1, -0.05) is 18.2 Å². The van der Waals surface area contributed by atoms with E-state index in [1.54, 1.807) is 6.20 Å². The molecule has 98 valence electrons. The van der Waals surface area contributed by atoms with Gasteiger partial charge in [0.1, 0.15) is 5.65 Å². The number of rotatable bonds is 1. The fourth-order valence-corrected chi connectivity index (χ4v) is 3.12. The van der Waals surface area contributed by atoms with Crippen molar-refractivity contribution >= 4 is 11.0 Å². The molecule has 1 aliphatic rings. The van der Waals surface area contributed by atoms with Crippen molar-refractivity contribution in [2.45, 2.75) is 19.3 Å². The van der Waals surface area contributed by atoms with Gasteiger partial charge in [-0.3, -0.25) is 9.36 Å². The maximum atomic E-state index is 12.6. The van der Waals surface area contributed by atoms with E-state index in [2.05, 4.69) is 21.7 Å². The second-order valence-corrected chi connectivity index (χ2v) is 5.15. The van der Waals surface area contributed by atoms with Crippen LogP contribution in [0, 0.1) is 0 Å². The highest BCUT2D eigenvalue weighted by Crippen LogP contribution is 2.26. The molecular weight excluding hydrogens is 248 g/mol. The molecule has 20 heavy (non-hydrogen) atoms. The number of benzene rings is 1. The summed E-state index contributed by atoms with van der Waals surface area (Å²) in [6, 6.07) is 13.9. The molecular formula is C17H14N2O. The average molecular weight is 262 g/mol. The number of fused-ring (bicyclic) bond motifs is 2. The summed E-state index contributed by atoms with van der Waals surface area (Å²) in [5.41, 5.74) is 4.10. The van der Waals surface area contributed by atoms with Gasteiger partial charge in [-0.25, -0.2) is 4.98 Å². The Morgan fingerprint density at radius 1 is 1.00 bits per heavy atom. The Bertz CT molecular complexity index is 850. The molecule has 0 spiro atoms. The smallest absolute Gasteiger partial charge is 0.194 e. The highest BCUT2D eigenvalue weighted by Gasteiger charge is 2.22. The SMILES string of the molecule is O=c1c2c(n(-c3ccccc3)c3ncccc13)CCC2. The van der Waals surface area contributed by atoms with Crippen molar-refractivity contribution in [3.05, 3.63) is 70.1 Å². The number of hydrogen-bond donors (Lipinski definition) is 0. The second kappa shape index (κ2) is 4.30. The molecule has 0 radical (unpaired) electrons. The number of hydrogen-bond acceptors (Lipinski definition) is 2. The molecule has 0 saturated carbocycles. The zero-order valence-corrected chi connectivity index (χ0v) is 11.0. The van der Waals surface area contributed by atoms with Crippen molar-refractivity contribution in [1.29, 1.82) is 0 Å². The van der Waals surface area contributed by atoms with Crippen LogP contribution in [0.2, 0.25) is 0 Å². The first-order valence-electron chi connectivity index (χ1n) is 6.93. The molecule has 3 aromatic rings. The Balaban J connectivity index is 2.20. The Morgan fingerprint density at radius 2 is 1.85 bits per heavy atom. The zero-order chi connectivity index (χ0) is 13.5. The molecule has 0 unspecified atom stereocenters. The molecule has 0 bridgehead atoms. The van der Waals surface area contributed by atoms with Crippen LogP contribution in [0.4, 0.5) is 0 Å². The van der Waals surface area contributed by atoms with Gasteiger partial charge in [0, 0.05) is 23.1 Å². The number of aromatic nitrogens is 2. The van der Waals surface area contributed by atoms with Crippen LogP contribution in [0.15, 0.2) is 53.5 Å². The topological polar surface area (TPSA) is 34.9 Å². The van der Waals surface area contributed by atoms with Gasteiger partial charge in [-0.15, -0.1) is 0 Å². The zero-order valence-electron chi connectivity index (χ0n) is 11.0. The number of pyridine rings is 2. The van der Waals surface area contributed by atoms with Gasteiger partial charge >= 0.3 is 0 Å². The molecule has 2 heterocycles. The Hall–Kier alpha value is -2.42. The normalized spacial score (nSPS) is 13.6. The van der Waals surface area contributed by atoms with Gasteiger partial charge in [-0.05, 0) is 43.5 Å². The quantitative estimate of drug-likeness (QED) is 0.676. The van der Waals surface area contributed by atoms with Crippen LogP contribution in [-0.2, 0) is 12.8 Å². The summed E-state index contributed by atoms with van der Waals surface area (Å²) in [4.78, 5) is 17.0. The third-order valence-corrected chi connectivity index (χ3v) is 3.99. The molecule has 3 heteroatoms. The fraction of sp³-hybridized carbons (Fsp3) is 0.176. The van der Waals surface area contributed by atoms with E-state index >= 15 is 0 Å². The predicted molar refractivity (Wildman–Crippen MR) is 79.4 cm³/mol. The van der Waals surface area contributed by atoms with E-state index in [4.69, 9.17) is 0 Å². The van der Waals surface area contributed by atoms with Crippen LogP contribution in [0.5, 0.6) is 0 Å². The van der Waals surface area contributed by atoms with E-state index in [0.717, 1.165) is 47.2 Å². The summed E-state index contributed by atoms with van der Waals surface area (Å²) in [5, 5.41) is 0.719.